The summed E-state index contributed by atoms with van der Waals surface area (Å²) in [5.74, 6) is -0.813. The molecule has 26 heavy (non-hydrogen) atoms. The maximum Gasteiger partial charge on any atom is 0.240 e. The van der Waals surface area contributed by atoms with Crippen LogP contribution in [-0.2, 0) is 21.2 Å². The van der Waals surface area contributed by atoms with Crippen molar-refractivity contribution in [3.05, 3.63) is 65.5 Å². The summed E-state index contributed by atoms with van der Waals surface area (Å²) in [7, 11) is -3.72. The number of hydrogen-bond donors (Lipinski definition) is 2. The van der Waals surface area contributed by atoms with Crippen LogP contribution >= 0.6 is 0 Å². The van der Waals surface area contributed by atoms with Crippen molar-refractivity contribution >= 4 is 21.7 Å². The van der Waals surface area contributed by atoms with Gasteiger partial charge in [0.15, 0.2) is 5.78 Å². The molecular weight excluding hydrogens is 359 g/mol. The minimum absolute atomic E-state index is 0.0198. The number of ketones is 1. The molecule has 2 N–H and O–H groups in total. The molecule has 0 saturated heterocycles. The van der Waals surface area contributed by atoms with E-state index in [1.165, 1.54) is 55.5 Å². The van der Waals surface area contributed by atoms with Crippen molar-refractivity contribution in [2.75, 3.05) is 13.1 Å². The Hall–Kier alpha value is -2.58. The van der Waals surface area contributed by atoms with Gasteiger partial charge in [0.1, 0.15) is 5.82 Å². The zero-order valence-corrected chi connectivity index (χ0v) is 15.0. The maximum atomic E-state index is 12.8. The molecule has 8 heteroatoms. The summed E-state index contributed by atoms with van der Waals surface area (Å²) < 4.78 is 39.5. The first kappa shape index (κ1) is 19.7. The summed E-state index contributed by atoms with van der Waals surface area (Å²) in [6, 6.07) is 11.2. The molecule has 0 unspecified atom stereocenters. The zero-order valence-electron chi connectivity index (χ0n) is 14.2. The Morgan fingerprint density at radius 2 is 1.58 bits per heavy atom. The highest BCUT2D eigenvalue weighted by Crippen LogP contribution is 2.10. The van der Waals surface area contributed by atoms with Gasteiger partial charge >= 0.3 is 0 Å². The van der Waals surface area contributed by atoms with Crippen molar-refractivity contribution in [1.82, 2.24) is 10.0 Å². The SMILES string of the molecule is CC(=O)c1ccc(S(=O)(=O)NCCNC(=O)Cc2ccc(F)cc2)cc1. The van der Waals surface area contributed by atoms with E-state index in [-0.39, 0.29) is 41.9 Å². The molecule has 0 bridgehead atoms. The number of sulfonamides is 1. The van der Waals surface area contributed by atoms with Crippen LogP contribution in [0, 0.1) is 5.82 Å². The third kappa shape index (κ3) is 5.75. The fourth-order valence-electron chi connectivity index (χ4n) is 2.19. The van der Waals surface area contributed by atoms with E-state index in [1.807, 2.05) is 0 Å². The molecule has 138 valence electrons. The van der Waals surface area contributed by atoms with Gasteiger partial charge in [0.2, 0.25) is 15.9 Å². The number of benzene rings is 2. The molecule has 0 heterocycles. The first-order valence-corrected chi connectivity index (χ1v) is 9.38. The van der Waals surface area contributed by atoms with Crippen LogP contribution in [0.2, 0.25) is 0 Å². The molecular formula is C18H19FN2O4S. The molecule has 0 fully saturated rings. The number of Topliss-reactive ketones (excluding diaryl/α,β-unsaturated/α-hetero) is 1. The van der Waals surface area contributed by atoms with Gasteiger partial charge in [0.05, 0.1) is 11.3 Å². The highest BCUT2D eigenvalue weighted by Gasteiger charge is 2.14. The third-order valence-corrected chi connectivity index (χ3v) is 5.07. The fraction of sp³-hybridized carbons (Fsp3) is 0.222. The average molecular weight is 378 g/mol. The second-order valence-electron chi connectivity index (χ2n) is 5.63. The van der Waals surface area contributed by atoms with Crippen molar-refractivity contribution in [3.8, 4) is 0 Å². The lowest BCUT2D eigenvalue weighted by molar-refractivity contribution is -0.120. The standard InChI is InChI=1S/C18H19FN2O4S/c1-13(22)15-4-8-17(9-5-15)26(24,25)21-11-10-20-18(23)12-14-2-6-16(19)7-3-14/h2-9,21H,10-12H2,1H3,(H,20,23). The molecule has 2 aromatic carbocycles. The van der Waals surface area contributed by atoms with Crippen LogP contribution in [0.25, 0.3) is 0 Å². The quantitative estimate of drug-likeness (QED) is 0.540. The molecule has 0 aliphatic carbocycles. The largest absolute Gasteiger partial charge is 0.355 e. The molecule has 6 nitrogen and oxygen atoms in total. The average Bonchev–Trinajstić information content (AvgIpc) is 2.61. The first-order chi connectivity index (χ1) is 12.3. The summed E-state index contributed by atoms with van der Waals surface area (Å²) in [5.41, 5.74) is 1.09. The highest BCUT2D eigenvalue weighted by molar-refractivity contribution is 7.89. The predicted octanol–water partition coefficient (Wildman–Crippen LogP) is 1.67. The summed E-state index contributed by atoms with van der Waals surface area (Å²) in [4.78, 5) is 23.0. The van der Waals surface area contributed by atoms with E-state index in [2.05, 4.69) is 10.0 Å². The van der Waals surface area contributed by atoms with Crippen molar-refractivity contribution in [2.45, 2.75) is 18.2 Å². The van der Waals surface area contributed by atoms with Gasteiger partial charge in [-0.1, -0.05) is 24.3 Å². The van der Waals surface area contributed by atoms with E-state index >= 15 is 0 Å². The lowest BCUT2D eigenvalue weighted by Crippen LogP contribution is -2.35. The predicted molar refractivity (Wildman–Crippen MR) is 94.7 cm³/mol. The van der Waals surface area contributed by atoms with Crippen molar-refractivity contribution in [1.29, 1.82) is 0 Å². The fourth-order valence-corrected chi connectivity index (χ4v) is 3.22. The lowest BCUT2D eigenvalue weighted by Gasteiger charge is -2.08. The number of nitrogens with one attached hydrogen (secondary N) is 2. The summed E-state index contributed by atoms with van der Waals surface area (Å²) in [6.07, 6.45) is 0.0829. The molecule has 0 saturated carbocycles. The van der Waals surface area contributed by atoms with Crippen LogP contribution < -0.4 is 10.0 Å². The van der Waals surface area contributed by atoms with Crippen molar-refractivity contribution in [2.24, 2.45) is 0 Å². The van der Waals surface area contributed by atoms with Gasteiger partial charge in [-0.15, -0.1) is 0 Å². The van der Waals surface area contributed by atoms with Crippen LogP contribution in [-0.4, -0.2) is 33.2 Å². The molecule has 0 aliphatic rings. The minimum Gasteiger partial charge on any atom is -0.355 e. The molecule has 0 aromatic heterocycles. The molecule has 1 amide bonds. The number of amides is 1. The summed E-state index contributed by atoms with van der Waals surface area (Å²) in [6.45, 7) is 1.53. The normalized spacial score (nSPS) is 11.2. The molecule has 2 rings (SSSR count). The Morgan fingerprint density at radius 3 is 2.15 bits per heavy atom. The van der Waals surface area contributed by atoms with Gasteiger partial charge in [-0.25, -0.2) is 17.5 Å². The van der Waals surface area contributed by atoms with Crippen LogP contribution in [0.4, 0.5) is 4.39 Å². The lowest BCUT2D eigenvalue weighted by atomic mass is 10.1. The summed E-state index contributed by atoms with van der Waals surface area (Å²) >= 11 is 0. The van der Waals surface area contributed by atoms with E-state index in [4.69, 9.17) is 0 Å². The number of carbonyl (C=O) groups is 2. The van der Waals surface area contributed by atoms with Crippen LogP contribution in [0.5, 0.6) is 0 Å². The van der Waals surface area contributed by atoms with Gasteiger partial charge < -0.3 is 5.32 Å². The van der Waals surface area contributed by atoms with Crippen LogP contribution in [0.1, 0.15) is 22.8 Å². The van der Waals surface area contributed by atoms with Gasteiger partial charge in [0, 0.05) is 18.7 Å². The molecule has 0 spiro atoms. The second-order valence-corrected chi connectivity index (χ2v) is 7.40. The Bertz CT molecular complexity index is 878. The smallest absolute Gasteiger partial charge is 0.240 e. The second kappa shape index (κ2) is 8.68. The number of halogens is 1. The Kier molecular flexibility index (Phi) is 6.59. The van der Waals surface area contributed by atoms with E-state index < -0.39 is 10.0 Å². The van der Waals surface area contributed by atoms with E-state index in [0.717, 1.165) is 0 Å². The summed E-state index contributed by atoms with van der Waals surface area (Å²) in [5, 5.41) is 2.59. The molecule has 2 aromatic rings. The van der Waals surface area contributed by atoms with E-state index in [1.54, 1.807) is 0 Å². The first-order valence-electron chi connectivity index (χ1n) is 7.90. The van der Waals surface area contributed by atoms with E-state index in [9.17, 15) is 22.4 Å². The van der Waals surface area contributed by atoms with Crippen LogP contribution in [0.15, 0.2) is 53.4 Å². The number of hydrogen-bond acceptors (Lipinski definition) is 4. The van der Waals surface area contributed by atoms with Gasteiger partial charge in [-0.05, 0) is 36.8 Å². The molecule has 0 aliphatic heterocycles. The van der Waals surface area contributed by atoms with E-state index in [0.29, 0.717) is 11.1 Å². The number of carbonyl (C=O) groups excluding carboxylic acids is 2. The third-order valence-electron chi connectivity index (χ3n) is 3.59. The monoisotopic (exact) mass is 378 g/mol. The molecule has 0 radical (unpaired) electrons. The van der Waals surface area contributed by atoms with Gasteiger partial charge in [-0.3, -0.25) is 9.59 Å². The minimum atomic E-state index is -3.72. The van der Waals surface area contributed by atoms with Crippen molar-refractivity contribution in [3.63, 3.8) is 0 Å². The van der Waals surface area contributed by atoms with Gasteiger partial charge in [-0.2, -0.15) is 0 Å². The maximum absolute atomic E-state index is 12.8. The van der Waals surface area contributed by atoms with Gasteiger partial charge in [0.25, 0.3) is 0 Å². The Balaban J connectivity index is 1.79. The van der Waals surface area contributed by atoms with Crippen molar-refractivity contribution < 1.29 is 22.4 Å². The molecule has 0 atom stereocenters. The van der Waals surface area contributed by atoms with Crippen LogP contribution in [0.3, 0.4) is 0 Å². The highest BCUT2D eigenvalue weighted by atomic mass is 32.2. The Labute approximate surface area is 151 Å². The number of rotatable bonds is 8. The zero-order chi connectivity index (χ0) is 19.2. The topological polar surface area (TPSA) is 92.3 Å². The Morgan fingerprint density at radius 1 is 0.962 bits per heavy atom.